The van der Waals surface area contributed by atoms with Gasteiger partial charge >= 0.3 is 0 Å². The summed E-state index contributed by atoms with van der Waals surface area (Å²) in [6, 6.07) is 11.0. The van der Waals surface area contributed by atoms with Crippen molar-refractivity contribution in [2.75, 3.05) is 0 Å². The Kier molecular flexibility index (Phi) is 4.16. The minimum absolute atomic E-state index is 0.206. The SMILES string of the molecule is Cc1ccc(Cn2nnnc2-c2cc([N+](=O)[O-])cc([N+](=O)[O-])c2)cc1. The van der Waals surface area contributed by atoms with Crippen LogP contribution in [0.25, 0.3) is 11.4 Å². The van der Waals surface area contributed by atoms with E-state index in [2.05, 4.69) is 15.5 Å². The van der Waals surface area contributed by atoms with Crippen LogP contribution in [0.4, 0.5) is 11.4 Å². The van der Waals surface area contributed by atoms with Crippen molar-refractivity contribution in [1.82, 2.24) is 20.2 Å². The van der Waals surface area contributed by atoms with Gasteiger partial charge in [-0.25, -0.2) is 4.68 Å². The molecule has 25 heavy (non-hydrogen) atoms. The summed E-state index contributed by atoms with van der Waals surface area (Å²) in [6.07, 6.45) is 0. The molecule has 0 saturated heterocycles. The third-order valence-corrected chi connectivity index (χ3v) is 3.57. The summed E-state index contributed by atoms with van der Waals surface area (Å²) in [5.74, 6) is 0.215. The smallest absolute Gasteiger partial charge is 0.258 e. The average Bonchev–Trinajstić information content (AvgIpc) is 3.04. The summed E-state index contributed by atoms with van der Waals surface area (Å²) in [5, 5.41) is 33.4. The van der Waals surface area contributed by atoms with Crippen molar-refractivity contribution >= 4 is 11.4 Å². The van der Waals surface area contributed by atoms with E-state index in [1.54, 1.807) is 0 Å². The molecule has 126 valence electrons. The van der Waals surface area contributed by atoms with Crippen LogP contribution in [0.5, 0.6) is 0 Å². The molecule has 0 aliphatic rings. The Morgan fingerprint density at radius 3 is 2.16 bits per heavy atom. The Morgan fingerprint density at radius 1 is 1.00 bits per heavy atom. The summed E-state index contributed by atoms with van der Waals surface area (Å²) < 4.78 is 1.44. The van der Waals surface area contributed by atoms with Gasteiger partial charge in [0.25, 0.3) is 11.4 Å². The van der Waals surface area contributed by atoms with Gasteiger partial charge in [0.05, 0.1) is 22.5 Å². The summed E-state index contributed by atoms with van der Waals surface area (Å²) in [4.78, 5) is 20.7. The van der Waals surface area contributed by atoms with E-state index in [4.69, 9.17) is 0 Å². The van der Waals surface area contributed by atoms with Gasteiger partial charge in [0.15, 0.2) is 5.82 Å². The van der Waals surface area contributed by atoms with E-state index in [9.17, 15) is 20.2 Å². The number of rotatable bonds is 5. The van der Waals surface area contributed by atoms with Gasteiger partial charge in [0.1, 0.15) is 0 Å². The van der Waals surface area contributed by atoms with E-state index in [0.717, 1.165) is 17.2 Å². The lowest BCUT2D eigenvalue weighted by Crippen LogP contribution is -2.05. The molecule has 0 saturated carbocycles. The van der Waals surface area contributed by atoms with Gasteiger partial charge in [0, 0.05) is 17.7 Å². The van der Waals surface area contributed by atoms with Crippen LogP contribution < -0.4 is 0 Å². The highest BCUT2D eigenvalue weighted by Crippen LogP contribution is 2.28. The van der Waals surface area contributed by atoms with Crippen LogP contribution in [0.2, 0.25) is 0 Å². The van der Waals surface area contributed by atoms with Gasteiger partial charge in [-0.15, -0.1) is 5.10 Å². The molecule has 0 fully saturated rings. The molecule has 3 rings (SSSR count). The van der Waals surface area contributed by atoms with Crippen LogP contribution in [0, 0.1) is 27.2 Å². The Hall–Kier alpha value is -3.69. The zero-order chi connectivity index (χ0) is 18.0. The summed E-state index contributed by atoms with van der Waals surface area (Å²) in [7, 11) is 0. The first-order valence-electron chi connectivity index (χ1n) is 7.20. The van der Waals surface area contributed by atoms with E-state index in [0.29, 0.717) is 6.54 Å². The molecule has 2 aromatic carbocycles. The lowest BCUT2D eigenvalue weighted by Gasteiger charge is -2.05. The van der Waals surface area contributed by atoms with Gasteiger partial charge < -0.3 is 0 Å². The maximum Gasteiger partial charge on any atom is 0.277 e. The standard InChI is InChI=1S/C15H12N6O4/c1-10-2-4-11(5-3-10)9-19-15(16-17-18-19)12-6-13(20(22)23)8-14(7-12)21(24)25/h2-8H,9H2,1H3. The number of hydrogen-bond acceptors (Lipinski definition) is 7. The van der Waals surface area contributed by atoms with Crippen LogP contribution in [0.15, 0.2) is 42.5 Å². The Labute approximate surface area is 141 Å². The lowest BCUT2D eigenvalue weighted by molar-refractivity contribution is -0.394. The van der Waals surface area contributed by atoms with Crippen LogP contribution in [0.3, 0.4) is 0 Å². The van der Waals surface area contributed by atoms with Crippen molar-refractivity contribution in [2.45, 2.75) is 13.5 Å². The molecule has 0 bridgehead atoms. The monoisotopic (exact) mass is 340 g/mol. The van der Waals surface area contributed by atoms with Crippen molar-refractivity contribution in [1.29, 1.82) is 0 Å². The van der Waals surface area contributed by atoms with E-state index >= 15 is 0 Å². The molecule has 1 aromatic heterocycles. The Morgan fingerprint density at radius 2 is 1.60 bits per heavy atom. The maximum atomic E-state index is 11.0. The fourth-order valence-electron chi connectivity index (χ4n) is 2.32. The number of tetrazole rings is 1. The second kappa shape index (κ2) is 6.43. The predicted molar refractivity (Wildman–Crippen MR) is 86.8 cm³/mol. The molecule has 1 heterocycles. The number of nitro groups is 2. The van der Waals surface area contributed by atoms with Crippen molar-refractivity contribution in [3.05, 3.63) is 73.8 Å². The van der Waals surface area contributed by atoms with Crippen LogP contribution in [-0.2, 0) is 6.54 Å². The number of non-ortho nitro benzene ring substituents is 2. The molecule has 0 unspecified atom stereocenters. The Balaban J connectivity index is 2.03. The topological polar surface area (TPSA) is 130 Å². The third-order valence-electron chi connectivity index (χ3n) is 3.57. The molecule has 0 spiro atoms. The van der Waals surface area contributed by atoms with Gasteiger partial charge in [-0.3, -0.25) is 20.2 Å². The summed E-state index contributed by atoms with van der Waals surface area (Å²) >= 11 is 0. The lowest BCUT2D eigenvalue weighted by atomic mass is 10.1. The number of aromatic nitrogens is 4. The molecule has 0 aliphatic carbocycles. The van der Waals surface area contributed by atoms with Gasteiger partial charge in [0.2, 0.25) is 0 Å². The first-order valence-corrected chi connectivity index (χ1v) is 7.20. The van der Waals surface area contributed by atoms with Crippen molar-refractivity contribution in [3.63, 3.8) is 0 Å². The molecule has 10 heteroatoms. The maximum absolute atomic E-state index is 11.0. The van der Waals surface area contributed by atoms with E-state index in [-0.39, 0.29) is 11.4 Å². The van der Waals surface area contributed by atoms with Crippen molar-refractivity contribution in [2.24, 2.45) is 0 Å². The zero-order valence-corrected chi connectivity index (χ0v) is 13.1. The Bertz CT molecular complexity index is 919. The number of benzene rings is 2. The molecule has 0 amide bonds. The highest BCUT2D eigenvalue weighted by molar-refractivity contribution is 5.64. The minimum Gasteiger partial charge on any atom is -0.258 e. The van der Waals surface area contributed by atoms with Crippen LogP contribution >= 0.6 is 0 Å². The highest BCUT2D eigenvalue weighted by atomic mass is 16.6. The number of nitro benzene ring substituents is 2. The van der Waals surface area contributed by atoms with Gasteiger partial charge in [-0.2, -0.15) is 0 Å². The number of hydrogen-bond donors (Lipinski definition) is 0. The molecule has 3 aromatic rings. The minimum atomic E-state index is -0.690. The van der Waals surface area contributed by atoms with Crippen molar-refractivity contribution in [3.8, 4) is 11.4 Å². The fourth-order valence-corrected chi connectivity index (χ4v) is 2.32. The second-order valence-corrected chi connectivity index (χ2v) is 5.40. The number of nitrogens with zero attached hydrogens (tertiary/aromatic N) is 6. The average molecular weight is 340 g/mol. The molecule has 0 radical (unpaired) electrons. The van der Waals surface area contributed by atoms with Crippen molar-refractivity contribution < 1.29 is 9.85 Å². The zero-order valence-electron chi connectivity index (χ0n) is 13.1. The molecular formula is C15H12N6O4. The first kappa shape index (κ1) is 16.2. The van der Waals surface area contributed by atoms with E-state index in [1.807, 2.05) is 31.2 Å². The van der Waals surface area contributed by atoms with Crippen LogP contribution in [0.1, 0.15) is 11.1 Å². The molecule has 0 N–H and O–H groups in total. The predicted octanol–water partition coefficient (Wildman–Crippen LogP) is 2.51. The fraction of sp³-hybridized carbons (Fsp3) is 0.133. The van der Waals surface area contributed by atoms with Gasteiger partial charge in [-0.05, 0) is 22.9 Å². The summed E-state index contributed by atoms with van der Waals surface area (Å²) in [6.45, 7) is 2.30. The normalized spacial score (nSPS) is 10.6. The molecule has 0 atom stereocenters. The quantitative estimate of drug-likeness (QED) is 0.515. The third kappa shape index (κ3) is 3.47. The van der Waals surface area contributed by atoms with E-state index < -0.39 is 21.2 Å². The second-order valence-electron chi connectivity index (χ2n) is 5.40. The first-order chi connectivity index (χ1) is 11.9. The molecular weight excluding hydrogens is 328 g/mol. The molecule has 0 aliphatic heterocycles. The largest absolute Gasteiger partial charge is 0.277 e. The van der Waals surface area contributed by atoms with Crippen LogP contribution in [-0.4, -0.2) is 30.1 Å². The summed E-state index contributed by atoms with van der Waals surface area (Å²) in [5.41, 5.74) is 1.45. The van der Waals surface area contributed by atoms with E-state index in [1.165, 1.54) is 16.8 Å². The highest BCUT2D eigenvalue weighted by Gasteiger charge is 2.20. The number of aryl methyl sites for hydroxylation is 1. The molecule has 10 nitrogen and oxygen atoms in total. The van der Waals surface area contributed by atoms with Gasteiger partial charge in [-0.1, -0.05) is 29.8 Å².